The molecule has 1 aromatic carbocycles. The third kappa shape index (κ3) is 5.52. The summed E-state index contributed by atoms with van der Waals surface area (Å²) in [6.07, 6.45) is 0. The molecule has 1 atom stereocenters. The first-order valence-corrected chi connectivity index (χ1v) is 9.00. The summed E-state index contributed by atoms with van der Waals surface area (Å²) < 4.78 is 63.8. The summed E-state index contributed by atoms with van der Waals surface area (Å²) >= 11 is 1.59. The first kappa shape index (κ1) is 17.6. The van der Waals surface area contributed by atoms with E-state index >= 15 is 0 Å². The van der Waals surface area contributed by atoms with E-state index in [9.17, 15) is 19.4 Å². The van der Waals surface area contributed by atoms with Gasteiger partial charge >= 0.3 is 10.2 Å². The summed E-state index contributed by atoms with van der Waals surface area (Å²) in [5, 5.41) is 0. The monoisotopic (exact) mass is 334 g/mol. The van der Waals surface area contributed by atoms with Crippen LogP contribution in [0.2, 0.25) is 0 Å². The summed E-state index contributed by atoms with van der Waals surface area (Å²) in [6, 6.07) is 3.52. The van der Waals surface area contributed by atoms with Gasteiger partial charge in [-0.1, -0.05) is 59.3 Å². The molecule has 20 heavy (non-hydrogen) atoms. The molecule has 0 heterocycles. The number of hydrogen-bond donors (Lipinski definition) is 0. The van der Waals surface area contributed by atoms with Crippen LogP contribution in [0.5, 0.6) is 0 Å². The lowest BCUT2D eigenvalue weighted by molar-refractivity contribution is 0.364. The number of benzene rings is 1. The molecule has 0 bridgehead atoms. The van der Waals surface area contributed by atoms with Crippen LogP contribution in [0, 0.1) is 0 Å². The molecule has 118 valence electrons. The van der Waals surface area contributed by atoms with E-state index in [0.29, 0.717) is 17.9 Å². The van der Waals surface area contributed by atoms with Crippen molar-refractivity contribution in [3.05, 3.63) is 29.8 Å². The normalized spacial score (nSPS) is 18.2. The second-order valence-electron chi connectivity index (χ2n) is 5.87. The Kier molecular flexibility index (Phi) is 3.99. The van der Waals surface area contributed by atoms with Gasteiger partial charge in [-0.05, 0) is 23.6 Å². The Hall–Kier alpha value is -0.430. The lowest BCUT2D eigenvalue weighted by Crippen LogP contribution is -2.12. The van der Waals surface area contributed by atoms with Crippen LogP contribution in [0.4, 0.5) is 19.4 Å². The van der Waals surface area contributed by atoms with Crippen LogP contribution < -0.4 is 0 Å². The zero-order chi connectivity index (χ0) is 15.9. The van der Waals surface area contributed by atoms with Crippen molar-refractivity contribution >= 4 is 22.0 Å². The molecule has 0 fully saturated rings. The zero-order valence-corrected chi connectivity index (χ0v) is 13.4. The van der Waals surface area contributed by atoms with Crippen LogP contribution >= 0.6 is 22.0 Å². The highest BCUT2D eigenvalue weighted by Gasteiger charge is 2.65. The van der Waals surface area contributed by atoms with Gasteiger partial charge in [-0.15, -0.1) is 0 Å². The van der Waals surface area contributed by atoms with E-state index in [1.54, 1.807) is 18.7 Å². The predicted molar refractivity (Wildman–Crippen MR) is 78.5 cm³/mol. The maximum atomic E-state index is 12.8. The molecule has 0 amide bonds. The number of halogens is 5. The zero-order valence-electron chi connectivity index (χ0n) is 11.8. The van der Waals surface area contributed by atoms with Crippen LogP contribution in [0.1, 0.15) is 39.2 Å². The van der Waals surface area contributed by atoms with Gasteiger partial charge in [0.2, 0.25) is 0 Å². The van der Waals surface area contributed by atoms with Crippen LogP contribution in [-0.2, 0) is 0 Å². The second-order valence-corrected chi connectivity index (χ2v) is 10.1. The lowest BCUT2D eigenvalue weighted by Gasteiger charge is -2.40. The van der Waals surface area contributed by atoms with Gasteiger partial charge < -0.3 is 0 Å². The van der Waals surface area contributed by atoms with Gasteiger partial charge in [0.25, 0.3) is 0 Å². The van der Waals surface area contributed by atoms with Gasteiger partial charge in [0.15, 0.2) is 0 Å². The van der Waals surface area contributed by atoms with E-state index in [-0.39, 0.29) is 16.2 Å². The highest BCUT2D eigenvalue weighted by molar-refractivity contribution is 8.45. The van der Waals surface area contributed by atoms with Gasteiger partial charge in [-0.3, -0.25) is 0 Å². The van der Waals surface area contributed by atoms with Crippen LogP contribution in [0.25, 0.3) is 0 Å². The minimum Gasteiger partial charge on any atom is -0.155 e. The Morgan fingerprint density at radius 3 is 2.10 bits per heavy atom. The van der Waals surface area contributed by atoms with Gasteiger partial charge in [0, 0.05) is 10.5 Å². The first-order chi connectivity index (χ1) is 8.58. The Morgan fingerprint density at radius 2 is 1.65 bits per heavy atom. The third-order valence-electron chi connectivity index (χ3n) is 2.64. The van der Waals surface area contributed by atoms with Gasteiger partial charge in [-0.2, -0.15) is 11.8 Å². The van der Waals surface area contributed by atoms with Crippen molar-refractivity contribution in [3.8, 4) is 0 Å². The van der Waals surface area contributed by atoms with Crippen LogP contribution in [-0.4, -0.2) is 10.5 Å². The summed E-state index contributed by atoms with van der Waals surface area (Å²) in [4.78, 5) is -1.81. The smallest absolute Gasteiger partial charge is 0.155 e. The molecule has 0 nitrogen and oxygen atoms in total. The molecular formula is C13H19F5S2. The van der Waals surface area contributed by atoms with Gasteiger partial charge in [-0.25, -0.2) is 0 Å². The molecule has 0 radical (unpaired) electrons. The van der Waals surface area contributed by atoms with Crippen molar-refractivity contribution in [1.29, 1.82) is 0 Å². The Bertz CT molecular complexity index is 487. The predicted octanol–water partition coefficient (Wildman–Crippen LogP) is 6.98. The molecule has 0 unspecified atom stereocenters. The van der Waals surface area contributed by atoms with Crippen molar-refractivity contribution in [2.45, 2.75) is 43.3 Å². The Balaban J connectivity index is 3.01. The highest BCUT2D eigenvalue weighted by atomic mass is 32.5. The topological polar surface area (TPSA) is 0 Å². The molecule has 0 aromatic heterocycles. The molecule has 0 aliphatic carbocycles. The van der Waals surface area contributed by atoms with Crippen molar-refractivity contribution in [1.82, 2.24) is 0 Å². The quantitative estimate of drug-likeness (QED) is 0.535. The van der Waals surface area contributed by atoms with Gasteiger partial charge in [0.1, 0.15) is 4.90 Å². The van der Waals surface area contributed by atoms with Crippen molar-refractivity contribution in [2.75, 3.05) is 5.75 Å². The molecule has 0 N–H and O–H groups in total. The number of thioether (sulfide) groups is 1. The number of hydrogen-bond acceptors (Lipinski definition) is 1. The third-order valence-corrected chi connectivity index (χ3v) is 5.32. The molecule has 7 heteroatoms. The van der Waals surface area contributed by atoms with E-state index in [0.717, 1.165) is 6.07 Å². The second kappa shape index (κ2) is 4.53. The molecule has 0 aliphatic heterocycles. The van der Waals surface area contributed by atoms with E-state index in [4.69, 9.17) is 0 Å². The lowest BCUT2D eigenvalue weighted by atomic mass is 10.0. The maximum absolute atomic E-state index is 12.8. The largest absolute Gasteiger partial charge is 0.310 e. The molecule has 0 spiro atoms. The molecule has 0 saturated carbocycles. The summed E-state index contributed by atoms with van der Waals surface area (Å²) in [5.41, 5.74) is 0.285. The van der Waals surface area contributed by atoms with Crippen molar-refractivity contribution < 1.29 is 19.4 Å². The number of rotatable bonds is 4. The Labute approximate surface area is 120 Å². The van der Waals surface area contributed by atoms with E-state index in [1.165, 1.54) is 6.07 Å². The molecule has 1 aromatic rings. The average Bonchev–Trinajstić information content (AvgIpc) is 2.22. The van der Waals surface area contributed by atoms with E-state index in [2.05, 4.69) is 0 Å². The summed E-state index contributed by atoms with van der Waals surface area (Å²) in [7, 11) is -9.58. The fourth-order valence-electron chi connectivity index (χ4n) is 1.53. The van der Waals surface area contributed by atoms with Crippen molar-refractivity contribution in [2.24, 2.45) is 0 Å². The molecular weight excluding hydrogens is 315 g/mol. The molecule has 1 rings (SSSR count). The van der Waals surface area contributed by atoms with E-state index in [1.807, 2.05) is 20.8 Å². The van der Waals surface area contributed by atoms with Crippen molar-refractivity contribution in [3.63, 3.8) is 0 Å². The SMILES string of the molecule is C[C@@H](CSC(C)(C)C)c1cccc(S(F)(F)(F)(F)F)c1. The minimum absolute atomic E-state index is 0.0219. The van der Waals surface area contributed by atoms with E-state index < -0.39 is 15.1 Å². The van der Waals surface area contributed by atoms with Gasteiger partial charge in [0.05, 0.1) is 0 Å². The maximum Gasteiger partial charge on any atom is 0.310 e. The Morgan fingerprint density at radius 1 is 1.10 bits per heavy atom. The fraction of sp³-hybridized carbons (Fsp3) is 0.538. The first-order valence-electron chi connectivity index (χ1n) is 6.06. The molecule has 0 saturated heterocycles. The van der Waals surface area contributed by atoms with Crippen LogP contribution in [0.15, 0.2) is 29.2 Å². The minimum atomic E-state index is -9.58. The highest BCUT2D eigenvalue weighted by Crippen LogP contribution is 3.02. The average molecular weight is 334 g/mol. The standard InChI is InChI=1S/C13H19F5S2/c1-10(9-19-13(2,3)4)11-6-5-7-12(8-11)20(14,15,16,17)18/h5-8,10H,9H2,1-4H3/t10-/m0/s1. The summed E-state index contributed by atoms with van der Waals surface area (Å²) in [6.45, 7) is 7.73. The summed E-state index contributed by atoms with van der Waals surface area (Å²) in [5.74, 6) is 0.354. The van der Waals surface area contributed by atoms with Crippen LogP contribution in [0.3, 0.4) is 0 Å². The fourth-order valence-corrected chi connectivity index (χ4v) is 3.17. The molecule has 0 aliphatic rings.